The Bertz CT molecular complexity index is 376. The van der Waals surface area contributed by atoms with Crippen molar-refractivity contribution in [2.75, 3.05) is 10.6 Å². The molecular formula is C9H10BrCl2N3O. The normalized spacial score (nSPS) is 10.2. The second-order valence-corrected chi connectivity index (χ2v) is 4.55. The summed E-state index contributed by atoms with van der Waals surface area (Å²) < 4.78 is 0. The van der Waals surface area contributed by atoms with E-state index in [0.29, 0.717) is 6.42 Å². The molecule has 0 aliphatic heterocycles. The van der Waals surface area contributed by atoms with E-state index in [4.69, 9.17) is 23.2 Å². The monoisotopic (exact) mass is 325 g/mol. The molecule has 0 aliphatic carbocycles. The van der Waals surface area contributed by atoms with E-state index in [1.165, 1.54) is 6.33 Å². The molecule has 0 saturated carbocycles. The molecule has 0 aliphatic rings. The number of rotatable bonds is 5. The zero-order chi connectivity index (χ0) is 12.0. The van der Waals surface area contributed by atoms with Crippen LogP contribution in [0.3, 0.4) is 0 Å². The lowest BCUT2D eigenvalue weighted by atomic mass is 10.2. The van der Waals surface area contributed by atoms with Crippen molar-refractivity contribution in [3.8, 4) is 0 Å². The van der Waals surface area contributed by atoms with Gasteiger partial charge in [0.25, 0.3) is 0 Å². The van der Waals surface area contributed by atoms with E-state index in [1.807, 2.05) is 0 Å². The van der Waals surface area contributed by atoms with Gasteiger partial charge < -0.3 is 5.32 Å². The maximum atomic E-state index is 11.5. The average Bonchev–Trinajstić information content (AvgIpc) is 2.25. The summed E-state index contributed by atoms with van der Waals surface area (Å²) in [5, 5.41) is 3.77. The van der Waals surface area contributed by atoms with Crippen LogP contribution in [0.1, 0.15) is 19.3 Å². The van der Waals surface area contributed by atoms with Crippen molar-refractivity contribution in [3.05, 3.63) is 16.5 Å². The van der Waals surface area contributed by atoms with Crippen LogP contribution in [0, 0.1) is 0 Å². The Morgan fingerprint density at radius 3 is 2.81 bits per heavy atom. The van der Waals surface area contributed by atoms with Gasteiger partial charge in [0.05, 0.1) is 0 Å². The SMILES string of the molecule is O=C(CCCCBr)Nc1ncnc(Cl)c1Cl. The molecule has 1 rings (SSSR count). The van der Waals surface area contributed by atoms with Crippen LogP contribution in [0.15, 0.2) is 6.33 Å². The summed E-state index contributed by atoms with van der Waals surface area (Å²) in [6.45, 7) is 0. The van der Waals surface area contributed by atoms with Crippen molar-refractivity contribution in [1.82, 2.24) is 9.97 Å². The van der Waals surface area contributed by atoms with E-state index in [1.54, 1.807) is 0 Å². The smallest absolute Gasteiger partial charge is 0.225 e. The number of halogens is 3. The quantitative estimate of drug-likeness (QED) is 0.513. The van der Waals surface area contributed by atoms with Crippen LogP contribution < -0.4 is 5.32 Å². The van der Waals surface area contributed by atoms with Gasteiger partial charge in [-0.05, 0) is 12.8 Å². The van der Waals surface area contributed by atoms with Gasteiger partial charge in [-0.1, -0.05) is 39.1 Å². The third-order valence-corrected chi connectivity index (χ3v) is 3.09. The first-order valence-corrected chi connectivity index (χ1v) is 6.54. The first-order valence-electron chi connectivity index (χ1n) is 4.67. The van der Waals surface area contributed by atoms with Crippen LogP contribution in [0.2, 0.25) is 10.2 Å². The third-order valence-electron chi connectivity index (χ3n) is 1.79. The molecule has 7 heteroatoms. The molecule has 1 aromatic heterocycles. The van der Waals surface area contributed by atoms with Gasteiger partial charge in [-0.2, -0.15) is 0 Å². The Kier molecular flexibility index (Phi) is 6.01. The van der Waals surface area contributed by atoms with Crippen molar-refractivity contribution in [1.29, 1.82) is 0 Å². The van der Waals surface area contributed by atoms with Crippen LogP contribution >= 0.6 is 39.1 Å². The maximum absolute atomic E-state index is 11.5. The first-order chi connectivity index (χ1) is 7.65. The number of hydrogen-bond acceptors (Lipinski definition) is 3. The lowest BCUT2D eigenvalue weighted by Gasteiger charge is -2.05. The fourth-order valence-corrected chi connectivity index (χ4v) is 1.68. The lowest BCUT2D eigenvalue weighted by molar-refractivity contribution is -0.116. The number of nitrogens with zero attached hydrogens (tertiary/aromatic N) is 2. The van der Waals surface area contributed by atoms with Gasteiger partial charge in [-0.25, -0.2) is 9.97 Å². The Hall–Kier alpha value is -0.390. The minimum absolute atomic E-state index is 0.127. The predicted molar refractivity (Wildman–Crippen MR) is 68.3 cm³/mol. The number of nitrogens with one attached hydrogen (secondary N) is 1. The molecule has 1 amide bonds. The molecule has 0 aromatic carbocycles. The Balaban J connectivity index is 2.53. The van der Waals surface area contributed by atoms with Gasteiger partial charge in [-0.15, -0.1) is 0 Å². The third kappa shape index (κ3) is 4.23. The number of alkyl halides is 1. The number of carbonyl (C=O) groups is 1. The van der Waals surface area contributed by atoms with E-state index in [0.717, 1.165) is 18.2 Å². The predicted octanol–water partition coefficient (Wildman–Crippen LogP) is 3.29. The van der Waals surface area contributed by atoms with E-state index in [-0.39, 0.29) is 21.9 Å². The van der Waals surface area contributed by atoms with Crippen molar-refractivity contribution in [2.24, 2.45) is 0 Å². The van der Waals surface area contributed by atoms with E-state index in [2.05, 4.69) is 31.2 Å². The highest BCUT2D eigenvalue weighted by atomic mass is 79.9. The molecule has 1 heterocycles. The molecular weight excluding hydrogens is 317 g/mol. The summed E-state index contributed by atoms with van der Waals surface area (Å²) in [4.78, 5) is 19.0. The minimum Gasteiger partial charge on any atom is -0.309 e. The highest BCUT2D eigenvalue weighted by molar-refractivity contribution is 9.09. The van der Waals surface area contributed by atoms with Gasteiger partial charge in [-0.3, -0.25) is 4.79 Å². The number of anilines is 1. The van der Waals surface area contributed by atoms with E-state index in [9.17, 15) is 4.79 Å². The molecule has 4 nitrogen and oxygen atoms in total. The second kappa shape index (κ2) is 7.04. The first kappa shape index (κ1) is 13.7. The fraction of sp³-hybridized carbons (Fsp3) is 0.444. The summed E-state index contributed by atoms with van der Waals surface area (Å²) in [5.74, 6) is 0.128. The highest BCUT2D eigenvalue weighted by Crippen LogP contribution is 2.25. The molecule has 88 valence electrons. The molecule has 0 spiro atoms. The van der Waals surface area contributed by atoms with Gasteiger partial charge in [0.2, 0.25) is 5.91 Å². The molecule has 0 bridgehead atoms. The van der Waals surface area contributed by atoms with E-state index >= 15 is 0 Å². The minimum atomic E-state index is -0.127. The summed E-state index contributed by atoms with van der Waals surface area (Å²) in [6, 6.07) is 0. The van der Waals surface area contributed by atoms with Gasteiger partial charge >= 0.3 is 0 Å². The molecule has 1 N–H and O–H groups in total. The number of unbranched alkanes of at least 4 members (excludes halogenated alkanes) is 1. The van der Waals surface area contributed by atoms with Crippen LogP contribution in [-0.2, 0) is 4.79 Å². The van der Waals surface area contributed by atoms with Crippen LogP contribution in [0.5, 0.6) is 0 Å². The molecule has 0 unspecified atom stereocenters. The standard InChI is InChI=1S/C9H10BrCl2N3O/c10-4-2-1-3-6(16)15-9-7(11)8(12)13-5-14-9/h5H,1-4H2,(H,13,14,15,16). The summed E-state index contributed by atoms with van der Waals surface area (Å²) in [7, 11) is 0. The highest BCUT2D eigenvalue weighted by Gasteiger charge is 2.10. The van der Waals surface area contributed by atoms with Crippen molar-refractivity contribution < 1.29 is 4.79 Å². The topological polar surface area (TPSA) is 54.9 Å². The van der Waals surface area contributed by atoms with E-state index < -0.39 is 0 Å². The van der Waals surface area contributed by atoms with Gasteiger partial charge in [0.1, 0.15) is 11.3 Å². The summed E-state index contributed by atoms with van der Waals surface area (Å²) >= 11 is 14.8. The number of amides is 1. The molecule has 0 atom stereocenters. The van der Waals surface area contributed by atoms with Gasteiger partial charge in [0, 0.05) is 11.8 Å². The Morgan fingerprint density at radius 1 is 1.38 bits per heavy atom. The second-order valence-electron chi connectivity index (χ2n) is 3.02. The summed E-state index contributed by atoms with van der Waals surface area (Å²) in [6.07, 6.45) is 3.45. The largest absolute Gasteiger partial charge is 0.309 e. The number of aromatic nitrogens is 2. The lowest BCUT2D eigenvalue weighted by Crippen LogP contribution is -2.13. The molecule has 1 aromatic rings. The van der Waals surface area contributed by atoms with Crippen molar-refractivity contribution in [3.63, 3.8) is 0 Å². The van der Waals surface area contributed by atoms with Crippen molar-refractivity contribution in [2.45, 2.75) is 19.3 Å². The van der Waals surface area contributed by atoms with Crippen LogP contribution in [0.4, 0.5) is 5.82 Å². The summed E-state index contributed by atoms with van der Waals surface area (Å²) in [5.41, 5.74) is 0. The van der Waals surface area contributed by atoms with Gasteiger partial charge in [0.15, 0.2) is 11.0 Å². The van der Waals surface area contributed by atoms with Crippen LogP contribution in [-0.4, -0.2) is 21.2 Å². The number of carbonyl (C=O) groups excluding carboxylic acids is 1. The Labute approximate surface area is 112 Å². The molecule has 0 radical (unpaired) electrons. The average molecular weight is 327 g/mol. The molecule has 0 fully saturated rings. The zero-order valence-electron chi connectivity index (χ0n) is 8.34. The fourth-order valence-electron chi connectivity index (χ4n) is 1.01. The maximum Gasteiger partial charge on any atom is 0.225 e. The molecule has 16 heavy (non-hydrogen) atoms. The number of hydrogen-bond donors (Lipinski definition) is 1. The molecule has 0 saturated heterocycles. The van der Waals surface area contributed by atoms with Crippen molar-refractivity contribution >= 4 is 50.9 Å². The van der Waals surface area contributed by atoms with Crippen LogP contribution in [0.25, 0.3) is 0 Å². The Morgan fingerprint density at radius 2 is 2.12 bits per heavy atom. The zero-order valence-corrected chi connectivity index (χ0v) is 11.4.